The first-order chi connectivity index (χ1) is 8.77. The first-order valence-electron chi connectivity index (χ1n) is 6.13. The lowest BCUT2D eigenvalue weighted by Gasteiger charge is -2.26. The highest BCUT2D eigenvalue weighted by atomic mass is 32.2. The Morgan fingerprint density at radius 3 is 2.78 bits per heavy atom. The molecule has 1 aliphatic rings. The number of para-hydroxylation sites is 1. The summed E-state index contributed by atoms with van der Waals surface area (Å²) >= 11 is 1.98. The highest BCUT2D eigenvalue weighted by molar-refractivity contribution is 7.99. The molecule has 0 unspecified atom stereocenters. The lowest BCUT2D eigenvalue weighted by atomic mass is 10.2. The number of benzene rings is 1. The predicted molar refractivity (Wildman–Crippen MR) is 74.2 cm³/mol. The maximum absolute atomic E-state index is 11.8. The molecule has 0 bridgehead atoms. The van der Waals surface area contributed by atoms with Gasteiger partial charge in [0.25, 0.3) is 5.91 Å². The number of nitrogens with zero attached hydrogens (tertiary/aromatic N) is 1. The number of phenolic OH excluding ortho intramolecular Hbond substituents is 1. The number of carbonyl (C=O) groups is 1. The van der Waals surface area contributed by atoms with E-state index in [-0.39, 0.29) is 11.7 Å². The van der Waals surface area contributed by atoms with E-state index in [0.717, 1.165) is 19.6 Å². The van der Waals surface area contributed by atoms with Crippen molar-refractivity contribution in [2.24, 2.45) is 0 Å². The summed E-state index contributed by atoms with van der Waals surface area (Å²) in [5, 5.41) is 12.4. The number of carbonyl (C=O) groups excluding carboxylic acids is 1. The molecule has 2 rings (SSSR count). The van der Waals surface area contributed by atoms with Crippen LogP contribution in [0.15, 0.2) is 24.3 Å². The topological polar surface area (TPSA) is 52.6 Å². The Balaban J connectivity index is 1.76. The van der Waals surface area contributed by atoms with Crippen molar-refractivity contribution in [2.75, 3.05) is 37.7 Å². The van der Waals surface area contributed by atoms with Crippen LogP contribution in [0.5, 0.6) is 5.75 Å². The van der Waals surface area contributed by atoms with Crippen LogP contribution in [0.4, 0.5) is 0 Å². The van der Waals surface area contributed by atoms with Crippen LogP contribution in [0.25, 0.3) is 0 Å². The van der Waals surface area contributed by atoms with Crippen LogP contribution in [-0.4, -0.2) is 53.6 Å². The molecule has 0 saturated carbocycles. The molecule has 0 spiro atoms. The monoisotopic (exact) mass is 266 g/mol. The molecule has 0 radical (unpaired) electrons. The quantitative estimate of drug-likeness (QED) is 0.859. The molecule has 98 valence electrons. The van der Waals surface area contributed by atoms with Crippen LogP contribution >= 0.6 is 11.8 Å². The van der Waals surface area contributed by atoms with Gasteiger partial charge in [-0.3, -0.25) is 9.69 Å². The van der Waals surface area contributed by atoms with Crippen molar-refractivity contribution in [3.8, 4) is 5.75 Å². The molecule has 1 saturated heterocycles. The Kier molecular flexibility index (Phi) is 4.90. The zero-order chi connectivity index (χ0) is 12.8. The second kappa shape index (κ2) is 6.66. The smallest absolute Gasteiger partial charge is 0.255 e. The SMILES string of the molecule is O=C(NCCN1CCSCC1)c1ccccc1O. The molecule has 1 aromatic rings. The van der Waals surface area contributed by atoms with Crippen LogP contribution in [0.3, 0.4) is 0 Å². The Labute approximate surface area is 111 Å². The molecular formula is C13H18N2O2S. The molecule has 1 amide bonds. The van der Waals surface area contributed by atoms with E-state index in [0.29, 0.717) is 12.1 Å². The fourth-order valence-corrected chi connectivity index (χ4v) is 2.89. The van der Waals surface area contributed by atoms with Crippen molar-refractivity contribution in [3.63, 3.8) is 0 Å². The summed E-state index contributed by atoms with van der Waals surface area (Å²) < 4.78 is 0. The molecule has 1 aromatic carbocycles. The number of nitrogens with one attached hydrogen (secondary N) is 1. The first-order valence-corrected chi connectivity index (χ1v) is 7.29. The van der Waals surface area contributed by atoms with E-state index < -0.39 is 0 Å². The third-order valence-corrected chi connectivity index (χ3v) is 3.91. The Hall–Kier alpha value is -1.20. The van der Waals surface area contributed by atoms with Gasteiger partial charge >= 0.3 is 0 Å². The molecule has 2 N–H and O–H groups in total. The fourth-order valence-electron chi connectivity index (χ4n) is 1.91. The van der Waals surface area contributed by atoms with Crippen molar-refractivity contribution in [1.29, 1.82) is 0 Å². The summed E-state index contributed by atoms with van der Waals surface area (Å²) in [5.74, 6) is 2.17. The van der Waals surface area contributed by atoms with Gasteiger partial charge in [0.1, 0.15) is 5.75 Å². The van der Waals surface area contributed by atoms with E-state index in [4.69, 9.17) is 0 Å². The van der Waals surface area contributed by atoms with Crippen LogP contribution in [0.2, 0.25) is 0 Å². The summed E-state index contributed by atoms with van der Waals surface area (Å²) in [5.41, 5.74) is 0.340. The zero-order valence-corrected chi connectivity index (χ0v) is 11.1. The van der Waals surface area contributed by atoms with Crippen LogP contribution in [0, 0.1) is 0 Å². The number of rotatable bonds is 4. The highest BCUT2D eigenvalue weighted by Crippen LogP contribution is 2.14. The van der Waals surface area contributed by atoms with Crippen LogP contribution in [-0.2, 0) is 0 Å². The van der Waals surface area contributed by atoms with E-state index >= 15 is 0 Å². The second-order valence-corrected chi connectivity index (χ2v) is 5.45. The number of hydrogen-bond donors (Lipinski definition) is 2. The maximum Gasteiger partial charge on any atom is 0.255 e. The molecule has 1 heterocycles. The minimum Gasteiger partial charge on any atom is -0.507 e. The van der Waals surface area contributed by atoms with E-state index in [2.05, 4.69) is 10.2 Å². The normalized spacial score (nSPS) is 16.4. The lowest BCUT2D eigenvalue weighted by molar-refractivity contribution is 0.0946. The largest absolute Gasteiger partial charge is 0.507 e. The van der Waals surface area contributed by atoms with Gasteiger partial charge in [0, 0.05) is 37.7 Å². The maximum atomic E-state index is 11.8. The highest BCUT2D eigenvalue weighted by Gasteiger charge is 2.12. The molecule has 0 aromatic heterocycles. The van der Waals surface area contributed by atoms with E-state index in [1.165, 1.54) is 17.6 Å². The van der Waals surface area contributed by atoms with Crippen molar-refractivity contribution in [3.05, 3.63) is 29.8 Å². The second-order valence-electron chi connectivity index (χ2n) is 4.23. The van der Waals surface area contributed by atoms with Gasteiger partial charge in [-0.05, 0) is 12.1 Å². The van der Waals surface area contributed by atoms with Gasteiger partial charge in [-0.2, -0.15) is 11.8 Å². The Bertz CT molecular complexity index is 406. The fraction of sp³-hybridized carbons (Fsp3) is 0.462. The van der Waals surface area contributed by atoms with E-state index in [9.17, 15) is 9.90 Å². The van der Waals surface area contributed by atoms with Crippen molar-refractivity contribution in [2.45, 2.75) is 0 Å². The van der Waals surface area contributed by atoms with Gasteiger partial charge in [0.2, 0.25) is 0 Å². The lowest BCUT2D eigenvalue weighted by Crippen LogP contribution is -2.39. The van der Waals surface area contributed by atoms with Gasteiger partial charge in [-0.25, -0.2) is 0 Å². The molecule has 0 aliphatic carbocycles. The third kappa shape index (κ3) is 3.65. The van der Waals surface area contributed by atoms with Crippen LogP contribution < -0.4 is 5.32 Å². The van der Waals surface area contributed by atoms with E-state index in [1.54, 1.807) is 18.2 Å². The third-order valence-electron chi connectivity index (χ3n) is 2.97. The number of phenols is 1. The number of aromatic hydroxyl groups is 1. The molecule has 1 aliphatic heterocycles. The summed E-state index contributed by atoms with van der Waals surface area (Å²) in [7, 11) is 0. The zero-order valence-electron chi connectivity index (χ0n) is 10.3. The standard InChI is InChI=1S/C13H18N2O2S/c16-12-4-2-1-3-11(12)13(17)14-5-6-15-7-9-18-10-8-15/h1-4,16H,5-10H2,(H,14,17). The average molecular weight is 266 g/mol. The van der Waals surface area contributed by atoms with Gasteiger partial charge in [-0.1, -0.05) is 12.1 Å². The molecule has 18 heavy (non-hydrogen) atoms. The minimum atomic E-state index is -0.209. The number of hydrogen-bond acceptors (Lipinski definition) is 4. The van der Waals surface area contributed by atoms with Gasteiger partial charge in [-0.15, -0.1) is 0 Å². The number of thioether (sulfide) groups is 1. The van der Waals surface area contributed by atoms with Crippen LogP contribution in [0.1, 0.15) is 10.4 Å². The molecule has 4 nitrogen and oxygen atoms in total. The summed E-state index contributed by atoms with van der Waals surface area (Å²) in [4.78, 5) is 14.2. The van der Waals surface area contributed by atoms with Crippen molar-refractivity contribution >= 4 is 17.7 Å². The number of amides is 1. The van der Waals surface area contributed by atoms with Gasteiger partial charge in [0.05, 0.1) is 5.56 Å². The van der Waals surface area contributed by atoms with Crippen molar-refractivity contribution in [1.82, 2.24) is 10.2 Å². The van der Waals surface area contributed by atoms with Crippen molar-refractivity contribution < 1.29 is 9.90 Å². The minimum absolute atomic E-state index is 0.0318. The molecule has 5 heteroatoms. The predicted octanol–water partition coefficient (Wildman–Crippen LogP) is 1.17. The van der Waals surface area contributed by atoms with Gasteiger partial charge < -0.3 is 10.4 Å². The molecule has 0 atom stereocenters. The Morgan fingerprint density at radius 2 is 2.06 bits per heavy atom. The Morgan fingerprint density at radius 1 is 1.33 bits per heavy atom. The first kappa shape index (κ1) is 13.2. The van der Waals surface area contributed by atoms with E-state index in [1.807, 2.05) is 11.8 Å². The average Bonchev–Trinajstić information content (AvgIpc) is 2.40. The van der Waals surface area contributed by atoms with Gasteiger partial charge in [0.15, 0.2) is 0 Å². The molecular weight excluding hydrogens is 248 g/mol. The molecule has 1 fully saturated rings. The summed E-state index contributed by atoms with van der Waals surface area (Å²) in [6.07, 6.45) is 0. The summed E-state index contributed by atoms with van der Waals surface area (Å²) in [6.45, 7) is 3.69. The summed E-state index contributed by atoms with van der Waals surface area (Å²) in [6, 6.07) is 6.60.